The molecule has 2 N–H and O–H groups in total. The summed E-state index contributed by atoms with van der Waals surface area (Å²) in [4.78, 5) is 20.2. The van der Waals surface area contributed by atoms with Gasteiger partial charge in [0, 0.05) is 37.0 Å². The van der Waals surface area contributed by atoms with Crippen LogP contribution in [-0.4, -0.2) is 67.5 Å². The number of hydrazine groups is 1. The van der Waals surface area contributed by atoms with Gasteiger partial charge in [0.15, 0.2) is 5.65 Å². The largest absolute Gasteiger partial charge is 0.492 e. The Morgan fingerprint density at radius 3 is 2.90 bits per heavy atom. The number of pyridine rings is 2. The summed E-state index contributed by atoms with van der Waals surface area (Å²) in [5.41, 5.74) is 6.13. The van der Waals surface area contributed by atoms with Crippen molar-refractivity contribution in [3.05, 3.63) is 71.4 Å². The van der Waals surface area contributed by atoms with Gasteiger partial charge >= 0.3 is 0 Å². The second kappa shape index (κ2) is 10.6. The highest BCUT2D eigenvalue weighted by Crippen LogP contribution is 2.38. The lowest BCUT2D eigenvalue weighted by Gasteiger charge is -2.44. The molecule has 5 aromatic rings. The number of amides is 1. The van der Waals surface area contributed by atoms with Gasteiger partial charge in [0.2, 0.25) is 0 Å². The van der Waals surface area contributed by atoms with E-state index >= 15 is 0 Å². The van der Waals surface area contributed by atoms with Gasteiger partial charge in [-0.3, -0.25) is 15.3 Å². The van der Waals surface area contributed by atoms with E-state index in [0.29, 0.717) is 25.3 Å². The molecule has 2 fully saturated rings. The van der Waals surface area contributed by atoms with Crippen LogP contribution in [0.2, 0.25) is 5.02 Å². The number of piperidine rings is 1. The molecule has 12 heteroatoms. The molecule has 1 amide bonds. The van der Waals surface area contributed by atoms with E-state index in [0.717, 1.165) is 65.8 Å². The molecular formula is C30H30ClFN8O2. The predicted octanol–water partition coefficient (Wildman–Crippen LogP) is 5.24. The first-order valence-electron chi connectivity index (χ1n) is 14.2. The number of anilines is 1. The van der Waals surface area contributed by atoms with Crippen molar-refractivity contribution in [3.8, 4) is 16.9 Å². The minimum atomic E-state index is -0.628. The number of H-pyrrole nitrogens is 1. The van der Waals surface area contributed by atoms with Crippen LogP contribution in [0.3, 0.4) is 0 Å². The predicted molar refractivity (Wildman–Crippen MR) is 158 cm³/mol. The molecule has 1 spiro atoms. The molecule has 42 heavy (non-hydrogen) atoms. The fraction of sp³-hybridized carbons (Fsp3) is 0.333. The third kappa shape index (κ3) is 4.53. The van der Waals surface area contributed by atoms with Crippen molar-refractivity contribution < 1.29 is 13.9 Å². The van der Waals surface area contributed by atoms with Crippen LogP contribution in [0.4, 0.5) is 10.2 Å². The monoisotopic (exact) mass is 588 g/mol. The summed E-state index contributed by atoms with van der Waals surface area (Å²) in [5, 5.41) is 14.7. The van der Waals surface area contributed by atoms with Gasteiger partial charge < -0.3 is 9.64 Å². The molecule has 2 saturated heterocycles. The maximum atomic E-state index is 14.5. The average Bonchev–Trinajstić information content (AvgIpc) is 3.70. The minimum absolute atomic E-state index is 0.101. The third-order valence-corrected chi connectivity index (χ3v) is 8.72. The van der Waals surface area contributed by atoms with E-state index in [4.69, 9.17) is 21.3 Å². The summed E-state index contributed by atoms with van der Waals surface area (Å²) in [5.74, 6) is 0.438. The highest BCUT2D eigenvalue weighted by Gasteiger charge is 2.45. The Kier molecular flexibility index (Phi) is 6.70. The van der Waals surface area contributed by atoms with Crippen LogP contribution in [0.25, 0.3) is 27.7 Å². The first kappa shape index (κ1) is 26.7. The molecule has 10 nitrogen and oxygen atoms in total. The number of benzene rings is 1. The topological polar surface area (TPSA) is 104 Å². The van der Waals surface area contributed by atoms with Crippen molar-refractivity contribution >= 4 is 39.9 Å². The zero-order valence-corrected chi connectivity index (χ0v) is 23.9. The molecule has 2 aliphatic rings. The van der Waals surface area contributed by atoms with E-state index in [1.807, 2.05) is 41.0 Å². The van der Waals surface area contributed by atoms with E-state index in [2.05, 4.69) is 31.7 Å². The Morgan fingerprint density at radius 1 is 1.19 bits per heavy atom. The molecule has 1 atom stereocenters. The van der Waals surface area contributed by atoms with Crippen LogP contribution < -0.4 is 15.1 Å². The van der Waals surface area contributed by atoms with E-state index in [-0.39, 0.29) is 16.1 Å². The Bertz CT molecular complexity index is 1770. The summed E-state index contributed by atoms with van der Waals surface area (Å²) in [6.45, 7) is 4.69. The molecular weight excluding hydrogens is 559 g/mol. The number of fused-ring (bicyclic) bond motifs is 3. The molecule has 0 radical (unpaired) electrons. The van der Waals surface area contributed by atoms with Crippen LogP contribution >= 0.6 is 11.6 Å². The Balaban J connectivity index is 1.14. The highest BCUT2D eigenvalue weighted by atomic mass is 35.5. The molecule has 6 heterocycles. The van der Waals surface area contributed by atoms with Gasteiger partial charge in [-0.1, -0.05) is 24.1 Å². The Labute approximate surface area is 246 Å². The van der Waals surface area contributed by atoms with E-state index in [1.54, 1.807) is 6.20 Å². The van der Waals surface area contributed by atoms with Gasteiger partial charge in [0.1, 0.15) is 17.4 Å². The molecule has 0 bridgehead atoms. The highest BCUT2D eigenvalue weighted by molar-refractivity contribution is 6.33. The van der Waals surface area contributed by atoms with Crippen LogP contribution in [0.5, 0.6) is 5.75 Å². The summed E-state index contributed by atoms with van der Waals surface area (Å²) < 4.78 is 22.1. The van der Waals surface area contributed by atoms with Gasteiger partial charge in [-0.25, -0.2) is 18.9 Å². The number of nitrogens with one attached hydrogen (secondary N) is 2. The summed E-state index contributed by atoms with van der Waals surface area (Å²) in [7, 11) is 0. The first-order chi connectivity index (χ1) is 20.5. The number of carbonyl (C=O) groups excluding carboxylic acids is 1. The van der Waals surface area contributed by atoms with Crippen molar-refractivity contribution in [2.75, 3.05) is 31.1 Å². The fourth-order valence-corrected chi connectivity index (χ4v) is 6.63. The first-order valence-corrected chi connectivity index (χ1v) is 14.6. The SMILES string of the molecule is CCOc1cc(-c2ccc(N3CCC4(CCCCN4NC(=O)c4c(F)cccc4Cl)C3)nc2)c2c3cn[nH]c3nn2c1. The second-order valence-corrected chi connectivity index (χ2v) is 11.3. The quantitative estimate of drug-likeness (QED) is 0.279. The Hall–Kier alpha value is -4.22. The molecule has 0 saturated carbocycles. The number of ether oxygens (including phenoxy) is 1. The van der Waals surface area contributed by atoms with Crippen LogP contribution in [0.15, 0.2) is 55.0 Å². The van der Waals surface area contributed by atoms with Gasteiger partial charge in [-0.05, 0) is 56.5 Å². The molecule has 1 unspecified atom stereocenters. The lowest BCUT2D eigenvalue weighted by Crippen LogP contribution is -2.60. The maximum Gasteiger partial charge on any atom is 0.270 e. The van der Waals surface area contributed by atoms with Crippen molar-refractivity contribution in [2.45, 2.75) is 38.1 Å². The minimum Gasteiger partial charge on any atom is -0.492 e. The summed E-state index contributed by atoms with van der Waals surface area (Å²) >= 11 is 6.17. The van der Waals surface area contributed by atoms with Gasteiger partial charge in [-0.2, -0.15) is 5.10 Å². The Morgan fingerprint density at radius 2 is 2.10 bits per heavy atom. The zero-order valence-electron chi connectivity index (χ0n) is 23.1. The molecule has 7 rings (SSSR count). The number of nitrogens with zero attached hydrogens (tertiary/aromatic N) is 6. The molecule has 216 valence electrons. The number of rotatable bonds is 6. The molecule has 4 aromatic heterocycles. The molecule has 1 aromatic carbocycles. The number of carbonyl (C=O) groups is 1. The van der Waals surface area contributed by atoms with Gasteiger partial charge in [0.25, 0.3) is 5.91 Å². The third-order valence-electron chi connectivity index (χ3n) is 8.40. The van der Waals surface area contributed by atoms with Crippen LogP contribution in [-0.2, 0) is 0 Å². The molecule has 2 aliphatic heterocycles. The van der Waals surface area contributed by atoms with Crippen molar-refractivity contribution in [1.82, 2.24) is 35.2 Å². The van der Waals surface area contributed by atoms with Crippen LogP contribution in [0.1, 0.15) is 43.0 Å². The van der Waals surface area contributed by atoms with Crippen molar-refractivity contribution in [1.29, 1.82) is 0 Å². The summed E-state index contributed by atoms with van der Waals surface area (Å²) in [6.07, 6.45) is 9.33. The van der Waals surface area contributed by atoms with Gasteiger partial charge in [-0.15, -0.1) is 5.10 Å². The number of aromatic nitrogens is 5. The number of halogens is 2. The lowest BCUT2D eigenvalue weighted by molar-refractivity contribution is 0.0135. The standard InChI is InChI=1S/C30H30ClFN8O2/c1-2-42-20-14-21(27-22-16-34-35-28(22)36-39(27)17-20)19-8-9-25(33-15-19)38-13-11-30(18-38)10-3-4-12-40(30)37-29(41)26-23(31)6-5-7-24(26)32/h5-9,14-17H,2-4,10-13,18H2,1H3,(H,35,36)(H,37,41). The maximum absolute atomic E-state index is 14.5. The summed E-state index contributed by atoms with van der Waals surface area (Å²) in [6, 6.07) is 10.4. The number of aromatic amines is 1. The smallest absolute Gasteiger partial charge is 0.270 e. The van der Waals surface area contributed by atoms with E-state index in [9.17, 15) is 9.18 Å². The lowest BCUT2D eigenvalue weighted by atomic mass is 9.87. The molecule has 0 aliphatic carbocycles. The average molecular weight is 589 g/mol. The zero-order chi connectivity index (χ0) is 28.8. The number of hydrogen-bond donors (Lipinski definition) is 2. The normalized spacial score (nSPS) is 19.3. The van der Waals surface area contributed by atoms with Crippen molar-refractivity contribution in [2.24, 2.45) is 0 Å². The fourth-order valence-electron chi connectivity index (χ4n) is 6.38. The van der Waals surface area contributed by atoms with Crippen molar-refractivity contribution in [3.63, 3.8) is 0 Å². The second-order valence-electron chi connectivity index (χ2n) is 10.9. The van der Waals surface area contributed by atoms with Crippen LogP contribution in [0, 0.1) is 5.82 Å². The van der Waals surface area contributed by atoms with Gasteiger partial charge in [0.05, 0.1) is 46.0 Å². The van der Waals surface area contributed by atoms with E-state index in [1.165, 1.54) is 18.2 Å². The number of hydrogen-bond acceptors (Lipinski definition) is 7. The van der Waals surface area contributed by atoms with E-state index < -0.39 is 11.7 Å².